The summed E-state index contributed by atoms with van der Waals surface area (Å²) in [5, 5.41) is 8.86. The van der Waals surface area contributed by atoms with Crippen LogP contribution in [-0.4, -0.2) is 41.7 Å². The molecule has 0 aliphatic rings. The van der Waals surface area contributed by atoms with Crippen LogP contribution in [0.4, 0.5) is 0 Å². The SMILES string of the molecule is CN(CCO)CCCc1ccc(Cc2cccnc2)cc1. The first-order valence-electron chi connectivity index (χ1n) is 7.54. The zero-order valence-corrected chi connectivity index (χ0v) is 12.7. The number of hydrogen-bond acceptors (Lipinski definition) is 3. The molecule has 3 heteroatoms. The Bertz CT molecular complexity index is 511. The fourth-order valence-electron chi connectivity index (χ4n) is 2.40. The Morgan fingerprint density at radius 3 is 2.43 bits per heavy atom. The normalized spacial score (nSPS) is 11.0. The van der Waals surface area contributed by atoms with Crippen LogP contribution in [0.5, 0.6) is 0 Å². The van der Waals surface area contributed by atoms with Crippen LogP contribution in [-0.2, 0) is 12.8 Å². The molecule has 2 rings (SSSR count). The lowest BCUT2D eigenvalue weighted by Gasteiger charge is -2.14. The molecule has 1 heterocycles. The highest BCUT2D eigenvalue weighted by atomic mass is 16.3. The van der Waals surface area contributed by atoms with Gasteiger partial charge in [0.05, 0.1) is 6.61 Å². The van der Waals surface area contributed by atoms with Crippen molar-refractivity contribution in [3.63, 3.8) is 0 Å². The molecule has 112 valence electrons. The number of aliphatic hydroxyl groups excluding tert-OH is 1. The first-order chi connectivity index (χ1) is 10.3. The number of aromatic nitrogens is 1. The maximum atomic E-state index is 8.86. The molecular formula is C18H24N2O. The fraction of sp³-hybridized carbons (Fsp3) is 0.389. The van der Waals surface area contributed by atoms with Crippen LogP contribution in [0.25, 0.3) is 0 Å². The summed E-state index contributed by atoms with van der Waals surface area (Å²) in [4.78, 5) is 6.31. The predicted octanol–water partition coefficient (Wildman–Crippen LogP) is 2.53. The van der Waals surface area contributed by atoms with Crippen molar-refractivity contribution < 1.29 is 5.11 Å². The standard InChI is InChI=1S/C18H24N2O/c1-20(12-13-21)11-3-5-16-6-8-17(9-7-16)14-18-4-2-10-19-15-18/h2,4,6-10,15,21H,3,5,11-14H2,1H3. The second-order valence-corrected chi connectivity index (χ2v) is 5.48. The lowest BCUT2D eigenvalue weighted by molar-refractivity contribution is 0.220. The van der Waals surface area contributed by atoms with Crippen LogP contribution in [0.15, 0.2) is 48.8 Å². The first-order valence-corrected chi connectivity index (χ1v) is 7.54. The van der Waals surface area contributed by atoms with Gasteiger partial charge in [-0.3, -0.25) is 4.98 Å². The monoisotopic (exact) mass is 284 g/mol. The minimum atomic E-state index is 0.236. The Labute approximate surface area is 127 Å². The quantitative estimate of drug-likeness (QED) is 0.809. The largest absolute Gasteiger partial charge is 0.395 e. The van der Waals surface area contributed by atoms with E-state index in [0.29, 0.717) is 0 Å². The van der Waals surface area contributed by atoms with Crippen LogP contribution in [0, 0.1) is 0 Å². The molecule has 0 saturated heterocycles. The molecule has 1 aromatic heterocycles. The third-order valence-electron chi connectivity index (χ3n) is 3.64. The van der Waals surface area contributed by atoms with Gasteiger partial charge in [-0.15, -0.1) is 0 Å². The van der Waals surface area contributed by atoms with E-state index in [9.17, 15) is 0 Å². The van der Waals surface area contributed by atoms with Gasteiger partial charge in [0.15, 0.2) is 0 Å². The Hall–Kier alpha value is -1.71. The Kier molecular flexibility index (Phi) is 6.38. The summed E-state index contributed by atoms with van der Waals surface area (Å²) in [6.07, 6.45) is 6.88. The van der Waals surface area contributed by atoms with Gasteiger partial charge >= 0.3 is 0 Å². The lowest BCUT2D eigenvalue weighted by atomic mass is 10.0. The maximum Gasteiger partial charge on any atom is 0.0558 e. The van der Waals surface area contributed by atoms with E-state index in [1.165, 1.54) is 16.7 Å². The van der Waals surface area contributed by atoms with Gasteiger partial charge < -0.3 is 10.0 Å². The average Bonchev–Trinajstić information content (AvgIpc) is 2.50. The van der Waals surface area contributed by atoms with Gasteiger partial charge in [0.2, 0.25) is 0 Å². The van der Waals surface area contributed by atoms with Crippen molar-refractivity contribution in [2.24, 2.45) is 0 Å². The van der Waals surface area contributed by atoms with Gasteiger partial charge in [-0.1, -0.05) is 30.3 Å². The summed E-state index contributed by atoms with van der Waals surface area (Å²) in [7, 11) is 2.05. The van der Waals surface area contributed by atoms with Gasteiger partial charge in [-0.25, -0.2) is 0 Å². The number of likely N-dealkylation sites (N-methyl/N-ethyl adjacent to an activating group) is 1. The van der Waals surface area contributed by atoms with Crippen molar-refractivity contribution in [2.75, 3.05) is 26.7 Å². The molecule has 0 saturated carbocycles. The molecule has 0 amide bonds. The number of hydrogen-bond donors (Lipinski definition) is 1. The summed E-state index contributed by atoms with van der Waals surface area (Å²) in [6.45, 7) is 2.02. The highest BCUT2D eigenvalue weighted by molar-refractivity contribution is 5.27. The zero-order valence-electron chi connectivity index (χ0n) is 12.7. The van der Waals surface area contributed by atoms with E-state index >= 15 is 0 Å². The minimum Gasteiger partial charge on any atom is -0.395 e. The fourth-order valence-corrected chi connectivity index (χ4v) is 2.40. The number of rotatable bonds is 8. The molecule has 0 radical (unpaired) electrons. The molecule has 0 fully saturated rings. The second kappa shape index (κ2) is 8.55. The van der Waals surface area contributed by atoms with E-state index in [1.54, 1.807) is 6.20 Å². The molecule has 0 aliphatic carbocycles. The van der Waals surface area contributed by atoms with E-state index in [1.807, 2.05) is 19.3 Å². The van der Waals surface area contributed by atoms with Crippen LogP contribution in [0.3, 0.4) is 0 Å². The Morgan fingerprint density at radius 2 is 1.76 bits per heavy atom. The van der Waals surface area contributed by atoms with E-state index in [0.717, 1.165) is 32.4 Å². The van der Waals surface area contributed by atoms with Crippen molar-refractivity contribution in [1.29, 1.82) is 0 Å². The van der Waals surface area contributed by atoms with E-state index in [2.05, 4.69) is 40.2 Å². The molecule has 1 N–H and O–H groups in total. The van der Waals surface area contributed by atoms with Crippen LogP contribution in [0.2, 0.25) is 0 Å². The smallest absolute Gasteiger partial charge is 0.0558 e. The Balaban J connectivity index is 1.79. The van der Waals surface area contributed by atoms with Gasteiger partial charge in [0.25, 0.3) is 0 Å². The summed E-state index contributed by atoms with van der Waals surface area (Å²) in [5.41, 5.74) is 3.95. The van der Waals surface area contributed by atoms with Crippen LogP contribution in [0.1, 0.15) is 23.1 Å². The Morgan fingerprint density at radius 1 is 1.00 bits per heavy atom. The van der Waals surface area contributed by atoms with Crippen LogP contribution < -0.4 is 0 Å². The highest BCUT2D eigenvalue weighted by Crippen LogP contribution is 2.11. The summed E-state index contributed by atoms with van der Waals surface area (Å²) < 4.78 is 0. The zero-order chi connectivity index (χ0) is 14.9. The molecule has 0 atom stereocenters. The average molecular weight is 284 g/mol. The number of nitrogens with zero attached hydrogens (tertiary/aromatic N) is 2. The molecule has 0 bridgehead atoms. The van der Waals surface area contributed by atoms with Crippen LogP contribution >= 0.6 is 0 Å². The van der Waals surface area contributed by atoms with E-state index in [-0.39, 0.29) is 6.61 Å². The number of benzene rings is 1. The molecule has 2 aromatic rings. The van der Waals surface area contributed by atoms with Crippen molar-refractivity contribution in [1.82, 2.24) is 9.88 Å². The van der Waals surface area contributed by atoms with Gasteiger partial charge in [-0.05, 0) is 55.6 Å². The first kappa shape index (κ1) is 15.7. The minimum absolute atomic E-state index is 0.236. The molecule has 0 spiro atoms. The molecule has 0 aliphatic heterocycles. The van der Waals surface area contributed by atoms with Crippen molar-refractivity contribution in [2.45, 2.75) is 19.3 Å². The third-order valence-corrected chi connectivity index (χ3v) is 3.64. The molecule has 3 nitrogen and oxygen atoms in total. The van der Waals surface area contributed by atoms with Gasteiger partial charge in [-0.2, -0.15) is 0 Å². The highest BCUT2D eigenvalue weighted by Gasteiger charge is 2.00. The van der Waals surface area contributed by atoms with Gasteiger partial charge in [0.1, 0.15) is 0 Å². The second-order valence-electron chi connectivity index (χ2n) is 5.48. The summed E-state index contributed by atoms with van der Waals surface area (Å²) in [6, 6.07) is 12.9. The number of aryl methyl sites for hydroxylation is 1. The van der Waals surface area contributed by atoms with Crippen molar-refractivity contribution in [3.05, 3.63) is 65.5 Å². The molecule has 0 unspecified atom stereocenters. The molecule has 1 aromatic carbocycles. The number of aliphatic hydroxyl groups is 1. The summed E-state index contributed by atoms with van der Waals surface area (Å²) in [5.74, 6) is 0. The third kappa shape index (κ3) is 5.66. The molecule has 21 heavy (non-hydrogen) atoms. The number of pyridine rings is 1. The maximum absolute atomic E-state index is 8.86. The summed E-state index contributed by atoms with van der Waals surface area (Å²) >= 11 is 0. The van der Waals surface area contributed by atoms with Crippen molar-refractivity contribution >= 4 is 0 Å². The molecular weight excluding hydrogens is 260 g/mol. The topological polar surface area (TPSA) is 36.4 Å². The van der Waals surface area contributed by atoms with Crippen molar-refractivity contribution in [3.8, 4) is 0 Å². The lowest BCUT2D eigenvalue weighted by Crippen LogP contribution is -2.23. The van der Waals surface area contributed by atoms with E-state index < -0.39 is 0 Å². The van der Waals surface area contributed by atoms with Gasteiger partial charge in [0, 0.05) is 18.9 Å². The predicted molar refractivity (Wildman–Crippen MR) is 86.4 cm³/mol. The van der Waals surface area contributed by atoms with E-state index in [4.69, 9.17) is 5.11 Å².